The number of carbonyl (C=O) groups is 1. The molecule has 0 unspecified atom stereocenters. The summed E-state index contributed by atoms with van der Waals surface area (Å²) in [6.07, 6.45) is 0. The molecule has 3 aromatic rings. The van der Waals surface area contributed by atoms with Gasteiger partial charge in [-0.3, -0.25) is 9.48 Å². The van der Waals surface area contributed by atoms with Crippen molar-refractivity contribution < 1.29 is 13.2 Å². The van der Waals surface area contributed by atoms with Crippen molar-refractivity contribution in [3.05, 3.63) is 47.3 Å². The molecule has 31 heavy (non-hydrogen) atoms. The van der Waals surface area contributed by atoms with Gasteiger partial charge in [0.1, 0.15) is 0 Å². The zero-order valence-electron chi connectivity index (χ0n) is 18.1. The standard InChI is InChI=1S/C21H26N6O3S/c1-14-12-18(19-15(2)24-26(4)20(19)22-14)21(28)23-16-6-5-7-17(13-16)31(29,30)27-10-8-25(3)9-11-27/h5-7,12-13H,8-11H2,1-4H3,(H,23,28). The molecule has 1 aliphatic rings. The summed E-state index contributed by atoms with van der Waals surface area (Å²) < 4.78 is 29.2. The Hall–Kier alpha value is -2.82. The SMILES string of the molecule is Cc1cc(C(=O)Nc2cccc(S(=O)(=O)N3CCN(C)CC3)c2)c2c(C)nn(C)c2n1. The Balaban J connectivity index is 1.63. The van der Waals surface area contributed by atoms with Crippen LogP contribution in [0.1, 0.15) is 21.7 Å². The number of benzene rings is 1. The monoisotopic (exact) mass is 442 g/mol. The lowest BCUT2D eigenvalue weighted by Crippen LogP contribution is -2.47. The molecule has 9 nitrogen and oxygen atoms in total. The van der Waals surface area contributed by atoms with Crippen LogP contribution >= 0.6 is 0 Å². The van der Waals surface area contributed by atoms with Crippen LogP contribution in [0.25, 0.3) is 11.0 Å². The predicted molar refractivity (Wildman–Crippen MR) is 119 cm³/mol. The molecule has 164 valence electrons. The van der Waals surface area contributed by atoms with Gasteiger partial charge in [0.15, 0.2) is 5.65 Å². The number of nitrogens with one attached hydrogen (secondary N) is 1. The molecule has 0 saturated carbocycles. The summed E-state index contributed by atoms with van der Waals surface area (Å²) in [7, 11) is 0.141. The van der Waals surface area contributed by atoms with Crippen LogP contribution in [0.4, 0.5) is 5.69 Å². The number of rotatable bonds is 4. The van der Waals surface area contributed by atoms with Crippen LogP contribution < -0.4 is 5.32 Å². The summed E-state index contributed by atoms with van der Waals surface area (Å²) in [4.78, 5) is 19.8. The van der Waals surface area contributed by atoms with Crippen molar-refractivity contribution in [2.45, 2.75) is 18.7 Å². The van der Waals surface area contributed by atoms with Gasteiger partial charge in [0.05, 0.1) is 21.5 Å². The van der Waals surface area contributed by atoms with E-state index in [9.17, 15) is 13.2 Å². The molecular weight excluding hydrogens is 416 g/mol. The minimum absolute atomic E-state index is 0.170. The van der Waals surface area contributed by atoms with Crippen molar-refractivity contribution in [1.29, 1.82) is 0 Å². The molecule has 1 aromatic carbocycles. The second-order valence-electron chi connectivity index (χ2n) is 7.91. The van der Waals surface area contributed by atoms with Gasteiger partial charge in [0.25, 0.3) is 5.91 Å². The number of anilines is 1. The molecule has 1 saturated heterocycles. The Labute approximate surface area is 181 Å². The molecule has 1 aliphatic heterocycles. The van der Waals surface area contributed by atoms with Crippen LogP contribution in [0.5, 0.6) is 0 Å². The number of piperazine rings is 1. The summed E-state index contributed by atoms with van der Waals surface area (Å²) in [6, 6.07) is 8.11. The fourth-order valence-corrected chi connectivity index (χ4v) is 5.33. The van der Waals surface area contributed by atoms with Crippen molar-refractivity contribution in [3.8, 4) is 0 Å². The lowest BCUT2D eigenvalue weighted by atomic mass is 10.1. The molecule has 10 heteroatoms. The van der Waals surface area contributed by atoms with E-state index in [4.69, 9.17) is 0 Å². The molecule has 0 aliphatic carbocycles. The average molecular weight is 443 g/mol. The van der Waals surface area contributed by atoms with Gasteiger partial charge in [-0.2, -0.15) is 9.40 Å². The maximum Gasteiger partial charge on any atom is 0.256 e. The average Bonchev–Trinajstić information content (AvgIpc) is 3.01. The Morgan fingerprint density at radius 1 is 1.06 bits per heavy atom. The summed E-state index contributed by atoms with van der Waals surface area (Å²) in [5, 5.41) is 7.90. The highest BCUT2D eigenvalue weighted by atomic mass is 32.2. The van der Waals surface area contributed by atoms with E-state index in [2.05, 4.69) is 20.3 Å². The number of hydrogen-bond acceptors (Lipinski definition) is 6. The van der Waals surface area contributed by atoms with E-state index in [1.165, 1.54) is 10.4 Å². The zero-order valence-corrected chi connectivity index (χ0v) is 18.9. The first-order chi connectivity index (χ1) is 14.7. The number of fused-ring (bicyclic) bond motifs is 1. The van der Waals surface area contributed by atoms with E-state index in [0.29, 0.717) is 59.9 Å². The first kappa shape index (κ1) is 21.4. The van der Waals surface area contributed by atoms with Gasteiger partial charge < -0.3 is 10.2 Å². The number of aromatic nitrogens is 3. The second-order valence-corrected chi connectivity index (χ2v) is 9.85. The van der Waals surface area contributed by atoms with Crippen LogP contribution in [0.2, 0.25) is 0 Å². The lowest BCUT2D eigenvalue weighted by molar-refractivity contribution is 0.102. The molecule has 1 fully saturated rings. The number of amides is 1. The van der Waals surface area contributed by atoms with E-state index in [1.54, 1.807) is 36.0 Å². The zero-order chi connectivity index (χ0) is 22.3. The maximum absolute atomic E-state index is 13.1. The van der Waals surface area contributed by atoms with Gasteiger partial charge in [-0.1, -0.05) is 6.07 Å². The first-order valence-corrected chi connectivity index (χ1v) is 11.5. The summed E-state index contributed by atoms with van der Waals surface area (Å²) in [6.45, 7) is 5.93. The third kappa shape index (κ3) is 4.06. The van der Waals surface area contributed by atoms with E-state index < -0.39 is 10.0 Å². The molecular formula is C21H26N6O3S. The summed E-state index contributed by atoms with van der Waals surface area (Å²) in [5.41, 5.74) is 2.92. The van der Waals surface area contributed by atoms with E-state index in [0.717, 1.165) is 0 Å². The first-order valence-electron chi connectivity index (χ1n) is 10.1. The quantitative estimate of drug-likeness (QED) is 0.661. The minimum Gasteiger partial charge on any atom is -0.322 e. The van der Waals surface area contributed by atoms with Crippen LogP contribution in [0.3, 0.4) is 0 Å². The van der Waals surface area contributed by atoms with Gasteiger partial charge in [0.2, 0.25) is 10.0 Å². The summed E-state index contributed by atoms with van der Waals surface area (Å²) >= 11 is 0. The van der Waals surface area contributed by atoms with Crippen LogP contribution in [-0.2, 0) is 17.1 Å². The smallest absolute Gasteiger partial charge is 0.256 e. The van der Waals surface area contributed by atoms with Crippen molar-refractivity contribution >= 4 is 32.7 Å². The predicted octanol–water partition coefficient (Wildman–Crippen LogP) is 1.77. The highest BCUT2D eigenvalue weighted by Crippen LogP contribution is 2.24. The minimum atomic E-state index is -3.62. The van der Waals surface area contributed by atoms with Crippen molar-refractivity contribution in [2.24, 2.45) is 7.05 Å². The number of sulfonamides is 1. The molecule has 4 rings (SSSR count). The largest absolute Gasteiger partial charge is 0.322 e. The van der Waals surface area contributed by atoms with E-state index in [-0.39, 0.29) is 10.8 Å². The molecule has 0 radical (unpaired) electrons. The molecule has 0 spiro atoms. The molecule has 0 atom stereocenters. The maximum atomic E-state index is 13.1. The number of likely N-dealkylation sites (N-methyl/N-ethyl adjacent to an activating group) is 1. The van der Waals surface area contributed by atoms with Crippen LogP contribution in [0, 0.1) is 13.8 Å². The van der Waals surface area contributed by atoms with Gasteiger partial charge in [0, 0.05) is 44.6 Å². The second kappa shape index (κ2) is 8.03. The Morgan fingerprint density at radius 2 is 1.77 bits per heavy atom. The van der Waals surface area contributed by atoms with Gasteiger partial charge >= 0.3 is 0 Å². The van der Waals surface area contributed by atoms with Crippen molar-refractivity contribution in [1.82, 2.24) is 24.0 Å². The third-order valence-corrected chi connectivity index (χ3v) is 7.43. The van der Waals surface area contributed by atoms with Crippen molar-refractivity contribution in [3.63, 3.8) is 0 Å². The van der Waals surface area contributed by atoms with Crippen LogP contribution in [0.15, 0.2) is 35.2 Å². The number of aryl methyl sites for hydroxylation is 3. The van der Waals surface area contributed by atoms with Crippen molar-refractivity contribution in [2.75, 3.05) is 38.5 Å². The van der Waals surface area contributed by atoms with E-state index >= 15 is 0 Å². The molecule has 3 heterocycles. The van der Waals surface area contributed by atoms with Crippen LogP contribution in [-0.4, -0.2) is 71.5 Å². The van der Waals surface area contributed by atoms with Gasteiger partial charge in [-0.15, -0.1) is 0 Å². The van der Waals surface area contributed by atoms with E-state index in [1.807, 2.05) is 20.9 Å². The normalized spacial score (nSPS) is 16.0. The molecule has 0 bridgehead atoms. The van der Waals surface area contributed by atoms with Gasteiger partial charge in [-0.25, -0.2) is 13.4 Å². The van der Waals surface area contributed by atoms with Gasteiger partial charge in [-0.05, 0) is 45.2 Å². The number of hydrogen-bond donors (Lipinski definition) is 1. The molecule has 2 aromatic heterocycles. The summed E-state index contributed by atoms with van der Waals surface area (Å²) in [5.74, 6) is -0.333. The topological polar surface area (TPSA) is 100 Å². The number of pyridine rings is 1. The fourth-order valence-electron chi connectivity index (χ4n) is 3.86. The third-order valence-electron chi connectivity index (χ3n) is 5.53. The number of nitrogens with zero attached hydrogens (tertiary/aromatic N) is 5. The molecule has 1 N–H and O–H groups in total. The Morgan fingerprint density at radius 3 is 2.48 bits per heavy atom. The lowest BCUT2D eigenvalue weighted by Gasteiger charge is -2.31. The highest BCUT2D eigenvalue weighted by Gasteiger charge is 2.27. The Bertz CT molecular complexity index is 1260. The fraction of sp³-hybridized carbons (Fsp3) is 0.381. The molecule has 1 amide bonds. The number of carbonyl (C=O) groups excluding carboxylic acids is 1. The highest BCUT2D eigenvalue weighted by molar-refractivity contribution is 7.89. The Kier molecular flexibility index (Phi) is 5.54.